The molecule has 1 aliphatic rings. The van der Waals surface area contributed by atoms with Gasteiger partial charge in [0.1, 0.15) is 12.4 Å². The van der Waals surface area contributed by atoms with Gasteiger partial charge >= 0.3 is 5.97 Å². The maximum absolute atomic E-state index is 11.9. The normalized spacial score (nSPS) is 13.6. The molecule has 0 aromatic heterocycles. The Balaban J connectivity index is 1.48. The summed E-state index contributed by atoms with van der Waals surface area (Å²) in [6.07, 6.45) is 0. The van der Waals surface area contributed by atoms with Gasteiger partial charge in [-0.05, 0) is 54.1 Å². The zero-order chi connectivity index (χ0) is 23.2. The van der Waals surface area contributed by atoms with Crippen LogP contribution in [0.5, 0.6) is 5.75 Å². The first-order valence-corrected chi connectivity index (χ1v) is 11.8. The molecule has 0 amide bonds. The van der Waals surface area contributed by atoms with Gasteiger partial charge in [-0.1, -0.05) is 39.7 Å². The molecule has 1 fully saturated rings. The molecule has 1 aliphatic heterocycles. The molecule has 33 heavy (non-hydrogen) atoms. The molecule has 0 saturated carbocycles. The summed E-state index contributed by atoms with van der Waals surface area (Å²) in [6.45, 7) is 3.45. The van der Waals surface area contributed by atoms with Crippen molar-refractivity contribution in [3.8, 4) is 5.75 Å². The second-order valence-electron chi connectivity index (χ2n) is 7.66. The fourth-order valence-corrected chi connectivity index (χ4v) is 4.20. The molecule has 0 spiro atoms. The number of ether oxygens (including phenoxy) is 2. The minimum absolute atomic E-state index is 0.273. The molecule has 1 heterocycles. The highest BCUT2D eigenvalue weighted by Gasteiger charge is 2.19. The van der Waals surface area contributed by atoms with Gasteiger partial charge in [0.05, 0.1) is 24.5 Å². The summed E-state index contributed by atoms with van der Waals surface area (Å²) >= 11 is 9.48. The van der Waals surface area contributed by atoms with Crippen molar-refractivity contribution in [2.24, 2.45) is 0 Å². The molecule has 0 aliphatic carbocycles. The van der Waals surface area contributed by atoms with E-state index >= 15 is 0 Å². The van der Waals surface area contributed by atoms with Crippen LogP contribution in [-0.4, -0.2) is 37.4 Å². The smallest absolute Gasteiger partial charge is 0.337 e. The number of morpholine rings is 1. The number of carbonyl (C=O) groups is 1. The van der Waals surface area contributed by atoms with E-state index in [0.717, 1.165) is 27.0 Å². The molecule has 3 aromatic rings. The average Bonchev–Trinajstić information content (AvgIpc) is 2.83. The number of hydrogen-bond acceptors (Lipinski definition) is 5. The molecular weight excluding hydrogens is 508 g/mol. The standard InChI is InChI=1S/C25H24BrClN2O4/c26-19-3-8-24(33-16-17-1-4-20(27)5-2-17)18(13-19)15-28-21-6-7-23(22(14-21)25(30)31)29-9-11-32-12-10-29/h1-8,13-14,28H,9-12,15-16H2,(H,30,31). The Kier molecular flexibility index (Phi) is 7.75. The van der Waals surface area contributed by atoms with Gasteiger partial charge in [0.15, 0.2) is 0 Å². The van der Waals surface area contributed by atoms with Crippen LogP contribution >= 0.6 is 27.5 Å². The van der Waals surface area contributed by atoms with Crippen molar-refractivity contribution >= 4 is 44.9 Å². The first-order valence-electron chi connectivity index (χ1n) is 10.6. The van der Waals surface area contributed by atoms with Crippen molar-refractivity contribution in [2.45, 2.75) is 13.2 Å². The van der Waals surface area contributed by atoms with Crippen LogP contribution < -0.4 is 15.0 Å². The number of nitrogens with zero attached hydrogens (tertiary/aromatic N) is 1. The Morgan fingerprint density at radius 3 is 2.58 bits per heavy atom. The van der Waals surface area contributed by atoms with Crippen LogP contribution in [0.4, 0.5) is 11.4 Å². The number of rotatable bonds is 8. The maximum Gasteiger partial charge on any atom is 0.337 e. The lowest BCUT2D eigenvalue weighted by Crippen LogP contribution is -2.37. The quantitative estimate of drug-likeness (QED) is 0.381. The van der Waals surface area contributed by atoms with Gasteiger partial charge < -0.3 is 24.8 Å². The Bertz CT molecular complexity index is 1120. The number of benzene rings is 3. The second-order valence-corrected chi connectivity index (χ2v) is 9.01. The Morgan fingerprint density at radius 2 is 1.85 bits per heavy atom. The fraction of sp³-hybridized carbons (Fsp3) is 0.240. The van der Waals surface area contributed by atoms with Crippen molar-refractivity contribution < 1.29 is 19.4 Å². The number of halogens is 2. The number of carboxylic acids is 1. The summed E-state index contributed by atoms with van der Waals surface area (Å²) in [6, 6.07) is 18.8. The predicted octanol–water partition coefficient (Wildman–Crippen LogP) is 5.83. The van der Waals surface area contributed by atoms with Gasteiger partial charge in [-0.2, -0.15) is 0 Å². The molecule has 1 saturated heterocycles. The number of nitrogens with one attached hydrogen (secondary N) is 1. The van der Waals surface area contributed by atoms with Crippen molar-refractivity contribution in [1.82, 2.24) is 0 Å². The fourth-order valence-electron chi connectivity index (χ4n) is 3.66. The van der Waals surface area contributed by atoms with Crippen LogP contribution in [0, 0.1) is 0 Å². The highest BCUT2D eigenvalue weighted by atomic mass is 79.9. The van der Waals surface area contributed by atoms with E-state index < -0.39 is 5.97 Å². The van der Waals surface area contributed by atoms with Crippen LogP contribution in [0.2, 0.25) is 5.02 Å². The Hall–Kier alpha value is -2.74. The van der Waals surface area contributed by atoms with E-state index in [1.807, 2.05) is 59.5 Å². The highest BCUT2D eigenvalue weighted by molar-refractivity contribution is 9.10. The lowest BCUT2D eigenvalue weighted by Gasteiger charge is -2.30. The summed E-state index contributed by atoms with van der Waals surface area (Å²) in [5.74, 6) is -0.196. The van der Waals surface area contributed by atoms with E-state index in [4.69, 9.17) is 21.1 Å². The molecule has 0 unspecified atom stereocenters. The van der Waals surface area contributed by atoms with Crippen LogP contribution in [0.1, 0.15) is 21.5 Å². The van der Waals surface area contributed by atoms with Crippen LogP contribution in [0.15, 0.2) is 65.1 Å². The van der Waals surface area contributed by atoms with Crippen LogP contribution in [0.25, 0.3) is 0 Å². The lowest BCUT2D eigenvalue weighted by atomic mass is 10.1. The molecular formula is C25H24BrClN2O4. The van der Waals surface area contributed by atoms with E-state index in [1.165, 1.54) is 0 Å². The van der Waals surface area contributed by atoms with Crippen molar-refractivity contribution in [1.29, 1.82) is 0 Å². The van der Waals surface area contributed by atoms with E-state index in [0.29, 0.717) is 50.2 Å². The monoisotopic (exact) mass is 530 g/mol. The van der Waals surface area contributed by atoms with Crippen molar-refractivity contribution in [2.75, 3.05) is 36.5 Å². The molecule has 6 nitrogen and oxygen atoms in total. The van der Waals surface area contributed by atoms with E-state index in [-0.39, 0.29) is 5.56 Å². The topological polar surface area (TPSA) is 71.0 Å². The number of carboxylic acid groups (broad SMARTS) is 1. The van der Waals surface area contributed by atoms with Crippen molar-refractivity contribution in [3.63, 3.8) is 0 Å². The third-order valence-corrected chi connectivity index (χ3v) is 6.14. The molecule has 8 heteroatoms. The molecule has 2 N–H and O–H groups in total. The highest BCUT2D eigenvalue weighted by Crippen LogP contribution is 2.28. The zero-order valence-corrected chi connectivity index (χ0v) is 20.2. The zero-order valence-electron chi connectivity index (χ0n) is 17.9. The largest absolute Gasteiger partial charge is 0.489 e. The lowest BCUT2D eigenvalue weighted by molar-refractivity contribution is 0.0696. The number of aromatic carboxylic acids is 1. The Labute approximate surface area is 206 Å². The number of anilines is 2. The first-order chi connectivity index (χ1) is 16.0. The van der Waals surface area contributed by atoms with Gasteiger partial charge in [0.2, 0.25) is 0 Å². The maximum atomic E-state index is 11.9. The van der Waals surface area contributed by atoms with Gasteiger partial charge in [-0.3, -0.25) is 0 Å². The Morgan fingerprint density at radius 1 is 1.09 bits per heavy atom. The van der Waals surface area contributed by atoms with E-state index in [9.17, 15) is 9.90 Å². The van der Waals surface area contributed by atoms with E-state index in [2.05, 4.69) is 21.2 Å². The van der Waals surface area contributed by atoms with Gasteiger partial charge in [-0.25, -0.2) is 4.79 Å². The summed E-state index contributed by atoms with van der Waals surface area (Å²) in [4.78, 5) is 14.0. The van der Waals surface area contributed by atoms with E-state index in [1.54, 1.807) is 6.07 Å². The summed E-state index contributed by atoms with van der Waals surface area (Å²) in [5, 5.41) is 13.8. The minimum Gasteiger partial charge on any atom is -0.489 e. The van der Waals surface area contributed by atoms with Gasteiger partial charge in [0.25, 0.3) is 0 Å². The third-order valence-electron chi connectivity index (χ3n) is 5.39. The van der Waals surface area contributed by atoms with Gasteiger partial charge in [0, 0.05) is 40.4 Å². The second kappa shape index (κ2) is 10.9. The molecule has 0 bridgehead atoms. The molecule has 0 atom stereocenters. The third kappa shape index (κ3) is 6.19. The van der Waals surface area contributed by atoms with Crippen LogP contribution in [0.3, 0.4) is 0 Å². The molecule has 172 valence electrons. The molecule has 3 aromatic carbocycles. The summed E-state index contributed by atoms with van der Waals surface area (Å²) in [7, 11) is 0. The summed E-state index contributed by atoms with van der Waals surface area (Å²) < 4.78 is 12.4. The first kappa shape index (κ1) is 23.4. The minimum atomic E-state index is -0.949. The van der Waals surface area contributed by atoms with Crippen LogP contribution in [-0.2, 0) is 17.9 Å². The SMILES string of the molecule is O=C(O)c1cc(NCc2cc(Br)ccc2OCc2ccc(Cl)cc2)ccc1N1CCOCC1. The molecule has 0 radical (unpaired) electrons. The van der Waals surface area contributed by atoms with Gasteiger partial charge in [-0.15, -0.1) is 0 Å². The summed E-state index contributed by atoms with van der Waals surface area (Å²) in [5.41, 5.74) is 3.69. The predicted molar refractivity (Wildman–Crippen MR) is 134 cm³/mol. The molecule has 4 rings (SSSR count). The average molecular weight is 532 g/mol. The number of hydrogen-bond donors (Lipinski definition) is 2. The van der Waals surface area contributed by atoms with Crippen molar-refractivity contribution in [3.05, 3.63) is 86.8 Å².